The molecule has 1 amide bonds. The van der Waals surface area contributed by atoms with Crippen LogP contribution in [-0.4, -0.2) is 40.8 Å². The minimum atomic E-state index is -0.234. The molecule has 4 heterocycles. The van der Waals surface area contributed by atoms with Gasteiger partial charge in [0.05, 0.1) is 16.9 Å². The van der Waals surface area contributed by atoms with Gasteiger partial charge in [0.15, 0.2) is 0 Å². The number of ether oxygens (including phenoxy) is 2. The molecule has 0 fully saturated rings. The summed E-state index contributed by atoms with van der Waals surface area (Å²) in [4.78, 5) is 35.6. The third kappa shape index (κ3) is 3.75. The highest BCUT2D eigenvalue weighted by atomic mass is 32.1. The third-order valence-corrected chi connectivity index (χ3v) is 6.12. The number of hydrogen-bond acceptors (Lipinski definition) is 7. The van der Waals surface area contributed by atoms with E-state index in [9.17, 15) is 9.59 Å². The Balaban J connectivity index is 1.54. The molecular formula is C20H22N4O4S. The Morgan fingerprint density at radius 1 is 1.38 bits per heavy atom. The highest BCUT2D eigenvalue weighted by Crippen LogP contribution is 2.28. The Morgan fingerprint density at radius 3 is 3.07 bits per heavy atom. The van der Waals surface area contributed by atoms with Gasteiger partial charge in [-0.1, -0.05) is 6.07 Å². The van der Waals surface area contributed by atoms with Crippen molar-refractivity contribution in [3.05, 3.63) is 50.5 Å². The molecule has 3 aromatic rings. The van der Waals surface area contributed by atoms with E-state index < -0.39 is 0 Å². The number of aromatic nitrogens is 3. The number of pyridine rings is 1. The van der Waals surface area contributed by atoms with Crippen molar-refractivity contribution in [2.24, 2.45) is 0 Å². The van der Waals surface area contributed by atoms with Gasteiger partial charge in [-0.3, -0.25) is 14.2 Å². The van der Waals surface area contributed by atoms with E-state index >= 15 is 0 Å². The van der Waals surface area contributed by atoms with E-state index in [4.69, 9.17) is 9.47 Å². The summed E-state index contributed by atoms with van der Waals surface area (Å²) in [6.07, 6.45) is 3.38. The topological polar surface area (TPSA) is 95.3 Å². The van der Waals surface area contributed by atoms with Crippen molar-refractivity contribution >= 4 is 27.5 Å². The van der Waals surface area contributed by atoms with Gasteiger partial charge in [0.2, 0.25) is 5.88 Å². The highest BCUT2D eigenvalue weighted by molar-refractivity contribution is 7.20. The van der Waals surface area contributed by atoms with Gasteiger partial charge in [0.1, 0.15) is 17.3 Å². The van der Waals surface area contributed by atoms with Crippen molar-refractivity contribution in [1.82, 2.24) is 19.9 Å². The van der Waals surface area contributed by atoms with E-state index in [-0.39, 0.29) is 18.0 Å². The lowest BCUT2D eigenvalue weighted by atomic mass is 10.2. The average Bonchev–Trinajstić information content (AvgIpc) is 3.32. The normalized spacial score (nSPS) is 12.9. The lowest BCUT2D eigenvalue weighted by Crippen LogP contribution is -2.24. The van der Waals surface area contributed by atoms with Gasteiger partial charge in [-0.25, -0.2) is 9.97 Å². The van der Waals surface area contributed by atoms with Crippen LogP contribution in [0.1, 0.15) is 33.0 Å². The standard InChI is InChI=1S/C20H22N4O4S/c1-12-15-19(23-14-6-4-8-24(14)20(15)26)29-16(12)17(25)22-11-13-5-3-7-21-18(13)28-10-9-27-2/h3,5,7H,4,6,8-11H2,1-2H3,(H,22,25). The quantitative estimate of drug-likeness (QED) is 0.595. The van der Waals surface area contributed by atoms with Gasteiger partial charge in [-0.05, 0) is 25.0 Å². The SMILES string of the molecule is COCCOc1ncccc1CNC(=O)c1sc2nc3n(c(=O)c2c1C)CCC3. The molecule has 29 heavy (non-hydrogen) atoms. The maximum atomic E-state index is 12.8. The van der Waals surface area contributed by atoms with Crippen LogP contribution in [0.25, 0.3) is 10.2 Å². The summed E-state index contributed by atoms with van der Waals surface area (Å²) in [5.74, 6) is 1.04. The van der Waals surface area contributed by atoms with E-state index in [0.717, 1.165) is 24.2 Å². The zero-order valence-corrected chi connectivity index (χ0v) is 17.2. The van der Waals surface area contributed by atoms with Crippen molar-refractivity contribution in [2.45, 2.75) is 32.9 Å². The minimum Gasteiger partial charge on any atom is -0.475 e. The largest absolute Gasteiger partial charge is 0.475 e. The van der Waals surface area contributed by atoms with Crippen LogP contribution in [0, 0.1) is 6.92 Å². The van der Waals surface area contributed by atoms with Crippen LogP contribution in [0.2, 0.25) is 0 Å². The van der Waals surface area contributed by atoms with Crippen molar-refractivity contribution in [3.8, 4) is 5.88 Å². The summed E-state index contributed by atoms with van der Waals surface area (Å²) in [6, 6.07) is 3.65. The first-order valence-electron chi connectivity index (χ1n) is 9.46. The number of hydrogen-bond donors (Lipinski definition) is 1. The van der Waals surface area contributed by atoms with Crippen LogP contribution in [0.15, 0.2) is 23.1 Å². The molecule has 4 rings (SSSR count). The number of rotatable bonds is 7. The number of nitrogens with zero attached hydrogens (tertiary/aromatic N) is 3. The first kappa shape index (κ1) is 19.5. The van der Waals surface area contributed by atoms with E-state index in [2.05, 4.69) is 15.3 Å². The van der Waals surface area contributed by atoms with E-state index in [1.165, 1.54) is 11.3 Å². The maximum absolute atomic E-state index is 12.8. The van der Waals surface area contributed by atoms with Crippen molar-refractivity contribution in [2.75, 3.05) is 20.3 Å². The van der Waals surface area contributed by atoms with Crippen molar-refractivity contribution in [1.29, 1.82) is 0 Å². The van der Waals surface area contributed by atoms with Gasteiger partial charge in [0.25, 0.3) is 11.5 Å². The van der Waals surface area contributed by atoms with Crippen LogP contribution in [0.4, 0.5) is 0 Å². The Hall–Kier alpha value is -2.78. The second-order valence-electron chi connectivity index (χ2n) is 6.82. The molecule has 0 spiro atoms. The van der Waals surface area contributed by atoms with E-state index in [1.807, 2.05) is 13.0 Å². The monoisotopic (exact) mass is 414 g/mol. The predicted octanol–water partition coefficient (Wildman–Crippen LogP) is 2.06. The Kier molecular flexibility index (Phi) is 5.59. The minimum absolute atomic E-state index is 0.0450. The molecule has 152 valence electrons. The van der Waals surface area contributed by atoms with Gasteiger partial charge < -0.3 is 14.8 Å². The van der Waals surface area contributed by atoms with Crippen LogP contribution >= 0.6 is 11.3 Å². The third-order valence-electron chi connectivity index (χ3n) is 4.93. The number of amides is 1. The zero-order chi connectivity index (χ0) is 20.4. The van der Waals surface area contributed by atoms with Crippen LogP contribution in [0.3, 0.4) is 0 Å². The lowest BCUT2D eigenvalue weighted by Gasteiger charge is -2.10. The fourth-order valence-corrected chi connectivity index (χ4v) is 4.56. The second-order valence-corrected chi connectivity index (χ2v) is 7.82. The molecule has 0 saturated heterocycles. The highest BCUT2D eigenvalue weighted by Gasteiger charge is 2.23. The molecule has 0 bridgehead atoms. The van der Waals surface area contributed by atoms with Gasteiger partial charge in [-0.15, -0.1) is 11.3 Å². The summed E-state index contributed by atoms with van der Waals surface area (Å²) in [7, 11) is 1.60. The summed E-state index contributed by atoms with van der Waals surface area (Å²) < 4.78 is 12.3. The summed E-state index contributed by atoms with van der Waals surface area (Å²) in [6.45, 7) is 3.61. The Labute approximate surface area is 171 Å². The molecule has 1 aliphatic rings. The summed E-state index contributed by atoms with van der Waals surface area (Å²) in [5.41, 5.74) is 1.41. The average molecular weight is 414 g/mol. The number of thiophene rings is 1. The van der Waals surface area contributed by atoms with E-state index in [1.54, 1.807) is 23.9 Å². The number of methoxy groups -OCH3 is 1. The zero-order valence-electron chi connectivity index (χ0n) is 16.4. The molecular weight excluding hydrogens is 392 g/mol. The number of carbonyl (C=O) groups excluding carboxylic acids is 1. The number of aryl methyl sites for hydroxylation is 2. The molecule has 0 radical (unpaired) electrons. The predicted molar refractivity (Wildman–Crippen MR) is 110 cm³/mol. The molecule has 1 N–H and O–H groups in total. The molecule has 0 aromatic carbocycles. The summed E-state index contributed by atoms with van der Waals surface area (Å²) in [5, 5.41) is 3.46. The number of carbonyl (C=O) groups is 1. The Morgan fingerprint density at radius 2 is 2.24 bits per heavy atom. The first-order valence-corrected chi connectivity index (χ1v) is 10.3. The molecule has 0 atom stereocenters. The van der Waals surface area contributed by atoms with Gasteiger partial charge in [-0.2, -0.15) is 0 Å². The number of fused-ring (bicyclic) bond motifs is 2. The molecule has 1 aliphatic heterocycles. The second kappa shape index (κ2) is 8.30. The van der Waals surface area contributed by atoms with Crippen molar-refractivity contribution < 1.29 is 14.3 Å². The molecule has 0 aliphatic carbocycles. The maximum Gasteiger partial charge on any atom is 0.262 e. The van der Waals surface area contributed by atoms with Gasteiger partial charge in [0, 0.05) is 38.4 Å². The van der Waals surface area contributed by atoms with Crippen LogP contribution in [-0.2, 0) is 24.2 Å². The molecule has 8 nitrogen and oxygen atoms in total. The van der Waals surface area contributed by atoms with Crippen LogP contribution < -0.4 is 15.6 Å². The molecule has 0 unspecified atom stereocenters. The van der Waals surface area contributed by atoms with Crippen LogP contribution in [0.5, 0.6) is 5.88 Å². The smallest absolute Gasteiger partial charge is 0.262 e. The molecule has 9 heteroatoms. The van der Waals surface area contributed by atoms with Gasteiger partial charge >= 0.3 is 0 Å². The fourth-order valence-electron chi connectivity index (χ4n) is 3.46. The number of nitrogens with one attached hydrogen (secondary N) is 1. The lowest BCUT2D eigenvalue weighted by molar-refractivity contribution is 0.0953. The van der Waals surface area contributed by atoms with Crippen molar-refractivity contribution in [3.63, 3.8) is 0 Å². The molecule has 0 saturated carbocycles. The van der Waals surface area contributed by atoms with E-state index in [0.29, 0.717) is 46.3 Å². The molecule has 3 aromatic heterocycles. The Bertz CT molecular complexity index is 1120. The summed E-state index contributed by atoms with van der Waals surface area (Å²) >= 11 is 1.27. The first-order chi connectivity index (χ1) is 14.1. The fraction of sp³-hybridized carbons (Fsp3) is 0.400.